The molecular formula is C12H15N3O2. The summed E-state index contributed by atoms with van der Waals surface area (Å²) in [5, 5.41) is 13.9. The smallest absolute Gasteiger partial charge is 0.357 e. The van der Waals surface area contributed by atoms with E-state index in [9.17, 15) is 4.79 Å². The number of hydrogen-bond acceptors (Lipinski definition) is 3. The van der Waals surface area contributed by atoms with Crippen molar-refractivity contribution in [3.8, 4) is 0 Å². The lowest BCUT2D eigenvalue weighted by Gasteiger charge is -2.09. The first-order valence-corrected chi connectivity index (χ1v) is 5.43. The summed E-state index contributed by atoms with van der Waals surface area (Å²) in [6, 6.07) is 7.40. The predicted molar refractivity (Wildman–Crippen MR) is 65.2 cm³/mol. The van der Waals surface area contributed by atoms with Crippen molar-refractivity contribution in [2.75, 3.05) is 20.6 Å². The summed E-state index contributed by atoms with van der Waals surface area (Å²) in [6.45, 7) is 1.51. The molecule has 0 amide bonds. The minimum absolute atomic E-state index is 0.124. The average molecular weight is 233 g/mol. The van der Waals surface area contributed by atoms with E-state index in [0.717, 1.165) is 12.1 Å². The van der Waals surface area contributed by atoms with Gasteiger partial charge in [-0.25, -0.2) is 4.79 Å². The topological polar surface area (TPSA) is 58.4 Å². The summed E-state index contributed by atoms with van der Waals surface area (Å²) in [7, 11) is 3.95. The normalized spacial score (nSPS) is 11.2. The van der Waals surface area contributed by atoms with E-state index in [1.54, 1.807) is 10.7 Å². The number of carboxylic acid groups (broad SMARTS) is 1. The molecule has 0 aliphatic rings. The Kier molecular flexibility index (Phi) is 3.10. The van der Waals surface area contributed by atoms with Gasteiger partial charge in [0.25, 0.3) is 0 Å². The third kappa shape index (κ3) is 2.29. The molecule has 17 heavy (non-hydrogen) atoms. The molecule has 2 aromatic rings. The first-order valence-electron chi connectivity index (χ1n) is 5.43. The molecule has 90 valence electrons. The SMILES string of the molecule is CN(C)CCn1nc(C(=O)O)c2ccccc21. The quantitative estimate of drug-likeness (QED) is 0.864. The van der Waals surface area contributed by atoms with E-state index in [-0.39, 0.29) is 5.69 Å². The van der Waals surface area contributed by atoms with Gasteiger partial charge in [0, 0.05) is 11.9 Å². The van der Waals surface area contributed by atoms with Crippen LogP contribution < -0.4 is 0 Å². The molecule has 1 heterocycles. The van der Waals surface area contributed by atoms with Crippen LogP contribution in [-0.2, 0) is 6.54 Å². The Hall–Kier alpha value is -1.88. The number of carboxylic acids is 1. The Labute approximate surface area is 99.3 Å². The lowest BCUT2D eigenvalue weighted by molar-refractivity contribution is 0.0691. The zero-order valence-electron chi connectivity index (χ0n) is 9.92. The van der Waals surface area contributed by atoms with Gasteiger partial charge in [-0.05, 0) is 20.2 Å². The van der Waals surface area contributed by atoms with Gasteiger partial charge in [-0.15, -0.1) is 0 Å². The van der Waals surface area contributed by atoms with Crippen LogP contribution in [0.4, 0.5) is 0 Å². The second kappa shape index (κ2) is 4.55. The van der Waals surface area contributed by atoms with Gasteiger partial charge in [-0.2, -0.15) is 5.10 Å². The molecule has 0 aliphatic carbocycles. The number of aromatic nitrogens is 2. The van der Waals surface area contributed by atoms with E-state index >= 15 is 0 Å². The highest BCUT2D eigenvalue weighted by Gasteiger charge is 2.15. The largest absolute Gasteiger partial charge is 0.476 e. The Bertz CT molecular complexity index is 546. The maximum Gasteiger partial charge on any atom is 0.357 e. The molecule has 5 nitrogen and oxygen atoms in total. The van der Waals surface area contributed by atoms with Crippen molar-refractivity contribution < 1.29 is 9.90 Å². The molecule has 0 radical (unpaired) electrons. The second-order valence-electron chi connectivity index (χ2n) is 4.20. The molecule has 0 atom stereocenters. The predicted octanol–water partition coefficient (Wildman–Crippen LogP) is 1.30. The van der Waals surface area contributed by atoms with Crippen molar-refractivity contribution in [2.45, 2.75) is 6.54 Å². The van der Waals surface area contributed by atoms with Crippen molar-refractivity contribution in [3.05, 3.63) is 30.0 Å². The molecule has 0 saturated heterocycles. The average Bonchev–Trinajstić information content (AvgIpc) is 2.65. The molecule has 0 bridgehead atoms. The number of benzene rings is 1. The molecule has 1 aromatic carbocycles. The van der Waals surface area contributed by atoms with Crippen LogP contribution in [0.1, 0.15) is 10.5 Å². The number of hydrogen-bond donors (Lipinski definition) is 1. The molecule has 0 spiro atoms. The van der Waals surface area contributed by atoms with Gasteiger partial charge < -0.3 is 10.0 Å². The Morgan fingerprint density at radius 1 is 1.41 bits per heavy atom. The van der Waals surface area contributed by atoms with Gasteiger partial charge in [-0.1, -0.05) is 18.2 Å². The van der Waals surface area contributed by atoms with Crippen molar-refractivity contribution in [1.29, 1.82) is 0 Å². The summed E-state index contributed by atoms with van der Waals surface area (Å²) in [6.07, 6.45) is 0. The standard InChI is InChI=1S/C12H15N3O2/c1-14(2)7-8-15-10-6-4-3-5-9(10)11(13-15)12(16)17/h3-6H,7-8H2,1-2H3,(H,16,17). The van der Waals surface area contributed by atoms with Crippen LogP contribution in [-0.4, -0.2) is 46.4 Å². The summed E-state index contributed by atoms with van der Waals surface area (Å²) in [4.78, 5) is 13.1. The second-order valence-corrected chi connectivity index (χ2v) is 4.20. The van der Waals surface area contributed by atoms with Crippen LogP contribution in [0.15, 0.2) is 24.3 Å². The number of carbonyl (C=O) groups is 1. The highest BCUT2D eigenvalue weighted by atomic mass is 16.4. The van der Waals surface area contributed by atoms with E-state index in [2.05, 4.69) is 5.10 Å². The minimum atomic E-state index is -0.982. The van der Waals surface area contributed by atoms with Gasteiger partial charge in [0.2, 0.25) is 0 Å². The highest BCUT2D eigenvalue weighted by molar-refractivity contribution is 6.01. The summed E-state index contributed by atoms with van der Waals surface area (Å²) in [5.41, 5.74) is 0.992. The number of aromatic carboxylic acids is 1. The van der Waals surface area contributed by atoms with Crippen molar-refractivity contribution >= 4 is 16.9 Å². The molecule has 0 saturated carbocycles. The van der Waals surface area contributed by atoms with Crippen molar-refractivity contribution in [1.82, 2.24) is 14.7 Å². The van der Waals surface area contributed by atoms with Gasteiger partial charge in [0.15, 0.2) is 5.69 Å². The summed E-state index contributed by atoms with van der Waals surface area (Å²) < 4.78 is 1.75. The minimum Gasteiger partial charge on any atom is -0.476 e. The Morgan fingerprint density at radius 3 is 2.76 bits per heavy atom. The van der Waals surface area contributed by atoms with Crippen LogP contribution in [0.5, 0.6) is 0 Å². The maximum atomic E-state index is 11.1. The van der Waals surface area contributed by atoms with Gasteiger partial charge in [-0.3, -0.25) is 4.68 Å². The fraction of sp³-hybridized carbons (Fsp3) is 0.333. The first kappa shape index (κ1) is 11.6. The fourth-order valence-electron chi connectivity index (χ4n) is 1.75. The Morgan fingerprint density at radius 2 is 2.12 bits per heavy atom. The fourth-order valence-corrected chi connectivity index (χ4v) is 1.75. The number of likely N-dealkylation sites (N-methyl/N-ethyl adjacent to an activating group) is 1. The third-order valence-corrected chi connectivity index (χ3v) is 2.62. The molecular weight excluding hydrogens is 218 g/mol. The molecule has 0 fully saturated rings. The van der Waals surface area contributed by atoms with Crippen LogP contribution in [0.25, 0.3) is 10.9 Å². The van der Waals surface area contributed by atoms with E-state index < -0.39 is 5.97 Å². The maximum absolute atomic E-state index is 11.1. The molecule has 5 heteroatoms. The lowest BCUT2D eigenvalue weighted by Crippen LogP contribution is -2.19. The van der Waals surface area contributed by atoms with E-state index in [4.69, 9.17) is 5.11 Å². The number of nitrogens with zero attached hydrogens (tertiary/aromatic N) is 3. The number of fused-ring (bicyclic) bond motifs is 1. The molecule has 2 rings (SSSR count). The van der Waals surface area contributed by atoms with Gasteiger partial charge >= 0.3 is 5.97 Å². The first-order chi connectivity index (χ1) is 8.09. The zero-order valence-corrected chi connectivity index (χ0v) is 9.92. The monoisotopic (exact) mass is 233 g/mol. The van der Waals surface area contributed by atoms with Gasteiger partial charge in [0.05, 0.1) is 12.1 Å². The van der Waals surface area contributed by atoms with Crippen LogP contribution >= 0.6 is 0 Å². The zero-order chi connectivity index (χ0) is 12.4. The summed E-state index contributed by atoms with van der Waals surface area (Å²) >= 11 is 0. The van der Waals surface area contributed by atoms with Crippen LogP contribution in [0.2, 0.25) is 0 Å². The molecule has 0 unspecified atom stereocenters. The van der Waals surface area contributed by atoms with Crippen LogP contribution in [0.3, 0.4) is 0 Å². The third-order valence-electron chi connectivity index (χ3n) is 2.62. The van der Waals surface area contributed by atoms with E-state index in [1.807, 2.05) is 37.2 Å². The summed E-state index contributed by atoms with van der Waals surface area (Å²) in [5.74, 6) is -0.982. The van der Waals surface area contributed by atoms with E-state index in [1.165, 1.54) is 0 Å². The molecule has 1 aromatic heterocycles. The molecule has 1 N–H and O–H groups in total. The number of para-hydroxylation sites is 1. The molecule has 0 aliphatic heterocycles. The van der Waals surface area contributed by atoms with E-state index in [0.29, 0.717) is 11.9 Å². The Balaban J connectivity index is 2.45. The highest BCUT2D eigenvalue weighted by Crippen LogP contribution is 2.18. The van der Waals surface area contributed by atoms with Crippen molar-refractivity contribution in [2.24, 2.45) is 0 Å². The van der Waals surface area contributed by atoms with Gasteiger partial charge in [0.1, 0.15) is 0 Å². The van der Waals surface area contributed by atoms with Crippen LogP contribution in [0, 0.1) is 0 Å². The van der Waals surface area contributed by atoms with Crippen molar-refractivity contribution in [3.63, 3.8) is 0 Å². The number of rotatable bonds is 4. The lowest BCUT2D eigenvalue weighted by atomic mass is 10.2.